The molecule has 1 aromatic carbocycles. The van der Waals surface area contributed by atoms with Crippen molar-refractivity contribution in [3.05, 3.63) is 41.2 Å². The van der Waals surface area contributed by atoms with Crippen molar-refractivity contribution >= 4 is 11.9 Å². The molecule has 10 heteroatoms. The van der Waals surface area contributed by atoms with Crippen LogP contribution in [-0.4, -0.2) is 44.7 Å². The summed E-state index contributed by atoms with van der Waals surface area (Å²) in [4.78, 5) is 22.9. The topological polar surface area (TPSA) is 97.1 Å². The number of carboxylic acids is 1. The maximum Gasteiger partial charge on any atom is 0.405 e. The van der Waals surface area contributed by atoms with E-state index in [4.69, 9.17) is 5.11 Å². The van der Waals surface area contributed by atoms with Gasteiger partial charge in [0.2, 0.25) is 0 Å². The molecule has 1 amide bonds. The first-order valence-corrected chi connectivity index (χ1v) is 7.36. The van der Waals surface area contributed by atoms with E-state index in [2.05, 4.69) is 10.3 Å². The van der Waals surface area contributed by atoms with E-state index in [0.29, 0.717) is 24.2 Å². The molecule has 0 bridgehead atoms. The highest BCUT2D eigenvalue weighted by molar-refractivity contribution is 5.94. The average molecular weight is 356 g/mol. The fourth-order valence-corrected chi connectivity index (χ4v) is 2.17. The average Bonchev–Trinajstić information content (AvgIpc) is 2.96. The predicted octanol–water partition coefficient (Wildman–Crippen LogP) is 2.21. The number of carbonyl (C=O) groups excluding carboxylic acids is 1. The second-order valence-corrected chi connectivity index (χ2v) is 5.20. The summed E-state index contributed by atoms with van der Waals surface area (Å²) in [6.45, 7) is 0.455. The Bertz CT molecular complexity index is 769. The monoisotopic (exact) mass is 356 g/mol. The molecule has 1 aromatic heterocycles. The number of benzene rings is 1. The minimum atomic E-state index is -4.49. The van der Waals surface area contributed by atoms with Crippen molar-refractivity contribution in [2.24, 2.45) is 0 Å². The molecule has 0 aliphatic heterocycles. The first kappa shape index (κ1) is 18.4. The molecule has 0 atom stereocenters. The van der Waals surface area contributed by atoms with E-state index < -0.39 is 24.6 Å². The van der Waals surface area contributed by atoms with Gasteiger partial charge in [-0.05, 0) is 30.7 Å². The lowest BCUT2D eigenvalue weighted by atomic mass is 10.1. The second-order valence-electron chi connectivity index (χ2n) is 5.20. The lowest BCUT2D eigenvalue weighted by molar-refractivity contribution is -0.123. The first-order chi connectivity index (χ1) is 11.7. The number of hydrogen-bond donors (Lipinski definition) is 2. The molecule has 134 valence electrons. The SMILES string of the molecule is CCCc1c(C(=O)O)nnn1-c1ccc(C(=O)NCC(F)(F)F)cc1. The zero-order chi connectivity index (χ0) is 18.6. The maximum absolute atomic E-state index is 12.1. The van der Waals surface area contributed by atoms with Crippen molar-refractivity contribution in [2.75, 3.05) is 6.54 Å². The van der Waals surface area contributed by atoms with Gasteiger partial charge in [-0.15, -0.1) is 5.10 Å². The third kappa shape index (κ3) is 4.55. The van der Waals surface area contributed by atoms with Crippen LogP contribution in [0, 0.1) is 0 Å². The van der Waals surface area contributed by atoms with Gasteiger partial charge in [0.25, 0.3) is 5.91 Å². The first-order valence-electron chi connectivity index (χ1n) is 7.36. The van der Waals surface area contributed by atoms with Crippen LogP contribution in [0.15, 0.2) is 24.3 Å². The Morgan fingerprint density at radius 1 is 1.24 bits per heavy atom. The van der Waals surface area contributed by atoms with Gasteiger partial charge in [0.1, 0.15) is 6.54 Å². The minimum absolute atomic E-state index is 0.0450. The van der Waals surface area contributed by atoms with Crippen molar-refractivity contribution in [3.8, 4) is 5.69 Å². The van der Waals surface area contributed by atoms with Gasteiger partial charge in [0.15, 0.2) is 5.69 Å². The quantitative estimate of drug-likeness (QED) is 0.827. The number of carbonyl (C=O) groups is 2. The number of alkyl halides is 3. The Morgan fingerprint density at radius 3 is 2.40 bits per heavy atom. The lowest BCUT2D eigenvalue weighted by Crippen LogP contribution is -2.33. The molecule has 0 aliphatic rings. The van der Waals surface area contributed by atoms with Crippen LogP contribution in [0.3, 0.4) is 0 Å². The number of hydrogen-bond acceptors (Lipinski definition) is 4. The van der Waals surface area contributed by atoms with Crippen molar-refractivity contribution in [1.82, 2.24) is 20.3 Å². The third-order valence-electron chi connectivity index (χ3n) is 3.28. The van der Waals surface area contributed by atoms with E-state index in [1.165, 1.54) is 28.9 Å². The number of aromatic carboxylic acids is 1. The molecule has 0 aliphatic carbocycles. The smallest absolute Gasteiger partial charge is 0.405 e. The molecule has 0 unspecified atom stereocenters. The van der Waals surface area contributed by atoms with E-state index in [1.54, 1.807) is 5.32 Å². The van der Waals surface area contributed by atoms with E-state index >= 15 is 0 Å². The standard InChI is InChI=1S/C15H15F3N4O3/c1-2-3-11-12(14(24)25)20-21-22(11)10-6-4-9(5-7-10)13(23)19-8-15(16,17)18/h4-7H,2-3,8H2,1H3,(H,19,23)(H,24,25). The van der Waals surface area contributed by atoms with Gasteiger partial charge in [-0.25, -0.2) is 9.48 Å². The molecule has 0 saturated carbocycles. The molecule has 7 nitrogen and oxygen atoms in total. The Kier molecular flexibility index (Phi) is 5.40. The summed E-state index contributed by atoms with van der Waals surface area (Å²) < 4.78 is 37.7. The summed E-state index contributed by atoms with van der Waals surface area (Å²) in [5, 5.41) is 18.3. The Morgan fingerprint density at radius 2 is 1.88 bits per heavy atom. The van der Waals surface area contributed by atoms with Gasteiger partial charge >= 0.3 is 12.1 Å². The molecule has 0 spiro atoms. The summed E-state index contributed by atoms with van der Waals surface area (Å²) >= 11 is 0. The zero-order valence-electron chi connectivity index (χ0n) is 13.2. The number of halogens is 3. The van der Waals surface area contributed by atoms with Crippen LogP contribution in [0.2, 0.25) is 0 Å². The molecule has 0 radical (unpaired) electrons. The Hall–Kier alpha value is -2.91. The molecule has 1 heterocycles. The number of aromatic nitrogens is 3. The van der Waals surface area contributed by atoms with Crippen molar-refractivity contribution in [3.63, 3.8) is 0 Å². The molecule has 2 rings (SSSR count). The summed E-state index contributed by atoms with van der Waals surface area (Å²) in [5.74, 6) is -2.06. The normalized spacial score (nSPS) is 11.4. The molecular formula is C15H15F3N4O3. The van der Waals surface area contributed by atoms with Crippen LogP contribution in [0.25, 0.3) is 5.69 Å². The summed E-state index contributed by atoms with van der Waals surface area (Å²) in [6, 6.07) is 5.59. The largest absolute Gasteiger partial charge is 0.476 e. The molecule has 0 saturated heterocycles. The molecule has 2 N–H and O–H groups in total. The minimum Gasteiger partial charge on any atom is -0.476 e. The van der Waals surface area contributed by atoms with E-state index in [1.807, 2.05) is 6.92 Å². The molecule has 2 aromatic rings. The van der Waals surface area contributed by atoms with Gasteiger partial charge in [-0.2, -0.15) is 13.2 Å². The highest BCUT2D eigenvalue weighted by atomic mass is 19.4. The van der Waals surface area contributed by atoms with Crippen LogP contribution < -0.4 is 5.32 Å². The van der Waals surface area contributed by atoms with Crippen LogP contribution >= 0.6 is 0 Å². The fourth-order valence-electron chi connectivity index (χ4n) is 2.17. The van der Waals surface area contributed by atoms with Crippen molar-refractivity contribution in [2.45, 2.75) is 25.9 Å². The predicted molar refractivity (Wildman–Crippen MR) is 80.7 cm³/mol. The molecular weight excluding hydrogens is 341 g/mol. The van der Waals surface area contributed by atoms with E-state index in [-0.39, 0.29) is 11.3 Å². The summed E-state index contributed by atoms with van der Waals surface area (Å²) in [6.07, 6.45) is -3.38. The van der Waals surface area contributed by atoms with Gasteiger partial charge in [0, 0.05) is 5.56 Å². The van der Waals surface area contributed by atoms with Gasteiger partial charge in [-0.3, -0.25) is 4.79 Å². The van der Waals surface area contributed by atoms with E-state index in [0.717, 1.165) is 0 Å². The highest BCUT2D eigenvalue weighted by Crippen LogP contribution is 2.17. The van der Waals surface area contributed by atoms with Gasteiger partial charge < -0.3 is 10.4 Å². The van der Waals surface area contributed by atoms with Crippen LogP contribution in [0.4, 0.5) is 13.2 Å². The summed E-state index contributed by atoms with van der Waals surface area (Å²) in [5.41, 5.74) is 0.748. The number of nitrogens with one attached hydrogen (secondary N) is 1. The second kappa shape index (κ2) is 7.32. The highest BCUT2D eigenvalue weighted by Gasteiger charge is 2.28. The number of carboxylic acid groups (broad SMARTS) is 1. The maximum atomic E-state index is 12.1. The van der Waals surface area contributed by atoms with Crippen molar-refractivity contribution < 1.29 is 27.9 Å². The Balaban J connectivity index is 2.23. The fraction of sp³-hybridized carbons (Fsp3) is 0.333. The number of nitrogens with zero attached hydrogens (tertiary/aromatic N) is 3. The lowest BCUT2D eigenvalue weighted by Gasteiger charge is -2.09. The van der Waals surface area contributed by atoms with Crippen LogP contribution in [-0.2, 0) is 6.42 Å². The molecule has 0 fully saturated rings. The van der Waals surface area contributed by atoms with Crippen LogP contribution in [0.1, 0.15) is 39.9 Å². The number of amides is 1. The van der Waals surface area contributed by atoms with Gasteiger partial charge in [0.05, 0.1) is 11.4 Å². The van der Waals surface area contributed by atoms with Gasteiger partial charge in [-0.1, -0.05) is 18.6 Å². The van der Waals surface area contributed by atoms with Crippen LogP contribution in [0.5, 0.6) is 0 Å². The Labute approximate surface area is 140 Å². The summed E-state index contributed by atoms with van der Waals surface area (Å²) in [7, 11) is 0. The zero-order valence-corrected chi connectivity index (χ0v) is 13.2. The molecule has 25 heavy (non-hydrogen) atoms. The van der Waals surface area contributed by atoms with Crippen molar-refractivity contribution in [1.29, 1.82) is 0 Å². The van der Waals surface area contributed by atoms with E-state index in [9.17, 15) is 22.8 Å². The third-order valence-corrected chi connectivity index (χ3v) is 3.28. The number of rotatable bonds is 6.